The Kier molecular flexibility index (Phi) is 7.73. The van der Waals surface area contributed by atoms with Gasteiger partial charge in [-0.3, -0.25) is 4.79 Å². The van der Waals surface area contributed by atoms with Crippen LogP contribution >= 0.6 is 11.6 Å². The van der Waals surface area contributed by atoms with Gasteiger partial charge >= 0.3 is 5.97 Å². The van der Waals surface area contributed by atoms with Gasteiger partial charge in [-0.2, -0.15) is 0 Å². The first-order chi connectivity index (χ1) is 13.7. The van der Waals surface area contributed by atoms with Crippen molar-refractivity contribution in [1.82, 2.24) is 0 Å². The fourth-order valence-electron chi connectivity index (χ4n) is 2.47. The van der Waals surface area contributed by atoms with Crippen LogP contribution < -0.4 is 19.5 Å². The zero-order valence-corrected chi connectivity index (χ0v) is 17.7. The number of methoxy groups -OCH3 is 2. The second kappa shape index (κ2) is 10.0. The summed E-state index contributed by atoms with van der Waals surface area (Å²) in [6, 6.07) is 10.0. The summed E-state index contributed by atoms with van der Waals surface area (Å²) < 4.78 is 21.2. The molecule has 2 aromatic carbocycles. The number of amides is 1. The molecule has 0 bridgehead atoms. The Bertz CT molecular complexity index is 885. The first-order valence-electron chi connectivity index (χ1n) is 8.91. The Morgan fingerprint density at radius 1 is 0.931 bits per heavy atom. The van der Waals surface area contributed by atoms with Crippen molar-refractivity contribution in [2.24, 2.45) is 0 Å². The molecule has 0 heterocycles. The predicted molar refractivity (Wildman–Crippen MR) is 110 cm³/mol. The first-order valence-corrected chi connectivity index (χ1v) is 9.29. The molecule has 0 spiro atoms. The predicted octanol–water partition coefficient (Wildman–Crippen LogP) is 4.00. The summed E-state index contributed by atoms with van der Waals surface area (Å²) in [7, 11) is 3.02. The molecule has 7 nitrogen and oxygen atoms in total. The Morgan fingerprint density at radius 3 is 2.21 bits per heavy atom. The number of carbonyl (C=O) groups is 2. The largest absolute Gasteiger partial charge is 0.493 e. The van der Waals surface area contributed by atoms with Gasteiger partial charge in [-0.1, -0.05) is 11.6 Å². The van der Waals surface area contributed by atoms with Crippen LogP contribution in [-0.4, -0.2) is 38.3 Å². The third kappa shape index (κ3) is 6.02. The van der Waals surface area contributed by atoms with E-state index in [2.05, 4.69) is 5.32 Å². The van der Waals surface area contributed by atoms with E-state index < -0.39 is 24.1 Å². The molecule has 0 saturated heterocycles. The lowest BCUT2D eigenvalue weighted by molar-refractivity contribution is -0.159. The Morgan fingerprint density at radius 2 is 1.59 bits per heavy atom. The lowest BCUT2D eigenvalue weighted by atomic mass is 10.2. The summed E-state index contributed by atoms with van der Waals surface area (Å²) in [6.07, 6.45) is -1.92. The van der Waals surface area contributed by atoms with Crippen molar-refractivity contribution in [3.8, 4) is 17.2 Å². The number of hydrogen-bond donors (Lipinski definition) is 1. The summed E-state index contributed by atoms with van der Waals surface area (Å²) in [5, 5.41) is 3.24. The van der Waals surface area contributed by atoms with Gasteiger partial charge in [0.2, 0.25) is 0 Å². The number of anilines is 1. The van der Waals surface area contributed by atoms with E-state index in [9.17, 15) is 9.59 Å². The third-order valence-electron chi connectivity index (χ3n) is 4.09. The zero-order chi connectivity index (χ0) is 21.6. The molecule has 0 aliphatic rings. The maximum Gasteiger partial charge on any atom is 0.347 e. The minimum Gasteiger partial charge on any atom is -0.493 e. The van der Waals surface area contributed by atoms with E-state index in [4.69, 9.17) is 30.5 Å². The quantitative estimate of drug-likeness (QED) is 0.648. The topological polar surface area (TPSA) is 83.1 Å². The van der Waals surface area contributed by atoms with Crippen LogP contribution in [0.3, 0.4) is 0 Å². The maximum atomic E-state index is 12.4. The van der Waals surface area contributed by atoms with Gasteiger partial charge in [0.25, 0.3) is 5.91 Å². The monoisotopic (exact) mass is 421 g/mol. The van der Waals surface area contributed by atoms with Gasteiger partial charge in [0, 0.05) is 16.8 Å². The van der Waals surface area contributed by atoms with Crippen LogP contribution in [0.5, 0.6) is 17.2 Å². The highest BCUT2D eigenvalue weighted by Gasteiger charge is 2.24. The molecule has 1 N–H and O–H groups in total. The average molecular weight is 422 g/mol. The van der Waals surface area contributed by atoms with Crippen molar-refractivity contribution >= 4 is 29.2 Å². The number of carbonyl (C=O) groups excluding carboxylic acids is 2. The molecule has 0 aromatic heterocycles. The number of rotatable bonds is 8. The van der Waals surface area contributed by atoms with Crippen LogP contribution in [0.15, 0.2) is 36.4 Å². The normalized spacial score (nSPS) is 12.5. The Hall–Kier alpha value is -2.93. The number of halogens is 1. The van der Waals surface area contributed by atoms with Crippen LogP contribution in [0.25, 0.3) is 0 Å². The number of benzene rings is 2. The van der Waals surface area contributed by atoms with E-state index in [1.165, 1.54) is 21.1 Å². The maximum absolute atomic E-state index is 12.4. The average Bonchev–Trinajstić information content (AvgIpc) is 2.69. The molecule has 0 radical (unpaired) electrons. The van der Waals surface area contributed by atoms with Gasteiger partial charge in [0.15, 0.2) is 23.7 Å². The molecule has 29 heavy (non-hydrogen) atoms. The molecular formula is C21H24ClNO6. The van der Waals surface area contributed by atoms with Crippen LogP contribution in [0.2, 0.25) is 5.02 Å². The summed E-state index contributed by atoms with van der Waals surface area (Å²) in [6.45, 7) is 4.85. The van der Waals surface area contributed by atoms with Crippen molar-refractivity contribution in [3.63, 3.8) is 0 Å². The van der Waals surface area contributed by atoms with Gasteiger partial charge in [0.05, 0.1) is 14.2 Å². The first kappa shape index (κ1) is 22.4. The molecule has 2 atom stereocenters. The Labute approximate surface area is 174 Å². The summed E-state index contributed by atoms with van der Waals surface area (Å²) in [5.41, 5.74) is 1.27. The van der Waals surface area contributed by atoms with Crippen molar-refractivity contribution in [2.45, 2.75) is 33.0 Å². The number of nitrogens with one attached hydrogen (secondary N) is 1. The van der Waals surface area contributed by atoms with Crippen LogP contribution in [0.4, 0.5) is 5.69 Å². The van der Waals surface area contributed by atoms with Crippen molar-refractivity contribution in [3.05, 3.63) is 47.0 Å². The van der Waals surface area contributed by atoms with Gasteiger partial charge in [-0.05, 0) is 56.7 Å². The molecular weight excluding hydrogens is 398 g/mol. The summed E-state index contributed by atoms with van der Waals surface area (Å²) in [4.78, 5) is 24.6. The molecule has 0 aliphatic carbocycles. The van der Waals surface area contributed by atoms with E-state index in [1.54, 1.807) is 43.3 Å². The standard InChI is InChI=1S/C21H24ClNO6/c1-12-10-15(22)6-8-17(12)28-14(3)21(25)29-13(2)20(24)23-16-7-9-18(26-4)19(11-16)27-5/h6-11,13-14H,1-5H3,(H,23,24). The van der Waals surface area contributed by atoms with Gasteiger partial charge in [-0.15, -0.1) is 0 Å². The van der Waals surface area contributed by atoms with E-state index in [0.29, 0.717) is 28.0 Å². The minimum atomic E-state index is -1.02. The van der Waals surface area contributed by atoms with Crippen molar-refractivity contribution < 1.29 is 28.5 Å². The highest BCUT2D eigenvalue weighted by molar-refractivity contribution is 6.30. The van der Waals surface area contributed by atoms with E-state index >= 15 is 0 Å². The summed E-state index contributed by atoms with van der Waals surface area (Å²) >= 11 is 5.92. The molecule has 8 heteroatoms. The molecule has 156 valence electrons. The second-order valence-corrected chi connectivity index (χ2v) is 6.74. The van der Waals surface area contributed by atoms with E-state index in [1.807, 2.05) is 6.92 Å². The van der Waals surface area contributed by atoms with Gasteiger partial charge in [-0.25, -0.2) is 4.79 Å². The molecule has 1 amide bonds. The van der Waals surface area contributed by atoms with Crippen LogP contribution in [-0.2, 0) is 14.3 Å². The molecule has 2 rings (SSSR count). The molecule has 0 aliphatic heterocycles. The third-order valence-corrected chi connectivity index (χ3v) is 4.32. The fourth-order valence-corrected chi connectivity index (χ4v) is 2.69. The fraction of sp³-hybridized carbons (Fsp3) is 0.333. The number of esters is 1. The number of ether oxygens (including phenoxy) is 4. The van der Waals surface area contributed by atoms with Gasteiger partial charge < -0.3 is 24.3 Å². The van der Waals surface area contributed by atoms with Crippen molar-refractivity contribution in [2.75, 3.05) is 19.5 Å². The molecule has 2 aromatic rings. The smallest absolute Gasteiger partial charge is 0.347 e. The summed E-state index contributed by atoms with van der Waals surface area (Å²) in [5.74, 6) is 0.375. The highest BCUT2D eigenvalue weighted by Crippen LogP contribution is 2.29. The number of hydrogen-bond acceptors (Lipinski definition) is 6. The van der Waals surface area contributed by atoms with Crippen molar-refractivity contribution in [1.29, 1.82) is 0 Å². The highest BCUT2D eigenvalue weighted by atomic mass is 35.5. The zero-order valence-electron chi connectivity index (χ0n) is 16.9. The van der Waals surface area contributed by atoms with Gasteiger partial charge in [0.1, 0.15) is 5.75 Å². The Balaban J connectivity index is 1.95. The van der Waals surface area contributed by atoms with Crippen LogP contribution in [0.1, 0.15) is 19.4 Å². The van der Waals surface area contributed by atoms with E-state index in [-0.39, 0.29) is 0 Å². The molecule has 2 unspecified atom stereocenters. The lowest BCUT2D eigenvalue weighted by Gasteiger charge is -2.19. The lowest BCUT2D eigenvalue weighted by Crippen LogP contribution is -2.35. The SMILES string of the molecule is COc1ccc(NC(=O)C(C)OC(=O)C(C)Oc2ccc(Cl)cc2C)cc1OC. The van der Waals surface area contributed by atoms with E-state index in [0.717, 1.165) is 5.56 Å². The minimum absolute atomic E-state index is 0.468. The van der Waals surface area contributed by atoms with Crippen LogP contribution in [0, 0.1) is 6.92 Å². The number of aryl methyl sites for hydroxylation is 1. The molecule has 0 fully saturated rings. The second-order valence-electron chi connectivity index (χ2n) is 6.31. The molecule has 0 saturated carbocycles.